The zero-order valence-electron chi connectivity index (χ0n) is 14.9. The van der Waals surface area contributed by atoms with Crippen molar-refractivity contribution in [2.45, 2.75) is 44.1 Å². The number of amides is 4. The van der Waals surface area contributed by atoms with Crippen LogP contribution >= 0.6 is 0 Å². The molecule has 144 valence electrons. The molecule has 0 atom stereocenters. The quantitative estimate of drug-likeness (QED) is 0.324. The van der Waals surface area contributed by atoms with Crippen LogP contribution in [0.2, 0.25) is 0 Å². The van der Waals surface area contributed by atoms with Crippen LogP contribution in [0.15, 0.2) is 24.3 Å². The lowest BCUT2D eigenvalue weighted by molar-refractivity contribution is -0.384. The van der Waals surface area contributed by atoms with E-state index in [-0.39, 0.29) is 36.5 Å². The van der Waals surface area contributed by atoms with Crippen LogP contribution in [-0.4, -0.2) is 46.3 Å². The maximum atomic E-state index is 12.5. The number of urea groups is 1. The Bertz CT molecular complexity index is 756. The highest BCUT2D eigenvalue weighted by atomic mass is 16.6. The van der Waals surface area contributed by atoms with Crippen LogP contribution in [0.25, 0.3) is 0 Å². The minimum absolute atomic E-state index is 0.0206. The molecule has 1 saturated heterocycles. The Balaban J connectivity index is 1.41. The summed E-state index contributed by atoms with van der Waals surface area (Å²) in [5.41, 5.74) is -0.0425. The van der Waals surface area contributed by atoms with Crippen LogP contribution in [0.3, 0.4) is 0 Å². The summed E-state index contributed by atoms with van der Waals surface area (Å²) in [4.78, 5) is 47.9. The summed E-state index contributed by atoms with van der Waals surface area (Å²) in [6.07, 6.45) is 3.86. The molecule has 0 unspecified atom stereocenters. The highest BCUT2D eigenvalue weighted by Gasteiger charge is 2.51. The van der Waals surface area contributed by atoms with Gasteiger partial charge in [0, 0.05) is 25.2 Å². The average molecular weight is 374 g/mol. The molecule has 2 fully saturated rings. The summed E-state index contributed by atoms with van der Waals surface area (Å²) in [6.45, 7) is 0.611. The lowest BCUT2D eigenvalue weighted by Gasteiger charge is -2.20. The van der Waals surface area contributed by atoms with Crippen LogP contribution < -0.4 is 10.6 Å². The standard InChI is InChI=1S/C18H22N4O5/c23-15(12-13-4-6-14(7-5-13)22(26)27)19-10-3-11-21-16(24)18(20-17(21)25)8-1-2-9-18/h4-7H,1-3,8-12H2,(H,19,23)(H,20,25). The second-order valence-electron chi connectivity index (χ2n) is 6.98. The first kappa shape index (κ1) is 18.8. The van der Waals surface area contributed by atoms with Crippen LogP contribution in [0.5, 0.6) is 0 Å². The van der Waals surface area contributed by atoms with Gasteiger partial charge in [-0.2, -0.15) is 0 Å². The monoisotopic (exact) mass is 374 g/mol. The number of nitrogens with zero attached hydrogens (tertiary/aromatic N) is 2. The van der Waals surface area contributed by atoms with Gasteiger partial charge in [-0.1, -0.05) is 25.0 Å². The van der Waals surface area contributed by atoms with Gasteiger partial charge in [-0.05, 0) is 24.8 Å². The number of non-ortho nitro benzene ring substituents is 1. The lowest BCUT2D eigenvalue weighted by atomic mass is 9.98. The number of rotatable bonds is 7. The summed E-state index contributed by atoms with van der Waals surface area (Å²) in [6, 6.07) is 5.47. The third kappa shape index (κ3) is 4.07. The maximum Gasteiger partial charge on any atom is 0.325 e. The van der Waals surface area contributed by atoms with Gasteiger partial charge >= 0.3 is 6.03 Å². The van der Waals surface area contributed by atoms with Gasteiger partial charge in [0.1, 0.15) is 5.54 Å². The first-order valence-electron chi connectivity index (χ1n) is 9.05. The molecule has 2 aliphatic rings. The first-order valence-corrected chi connectivity index (χ1v) is 9.05. The molecule has 4 amide bonds. The molecule has 0 aromatic heterocycles. The fraction of sp³-hybridized carbons (Fsp3) is 0.500. The van der Waals surface area contributed by atoms with Crippen molar-refractivity contribution in [3.63, 3.8) is 0 Å². The second-order valence-corrected chi connectivity index (χ2v) is 6.98. The van der Waals surface area contributed by atoms with Crippen molar-refractivity contribution in [2.24, 2.45) is 0 Å². The number of nitrogens with one attached hydrogen (secondary N) is 2. The molecule has 1 aromatic carbocycles. The number of imide groups is 1. The molecule has 1 spiro atoms. The molecule has 0 bridgehead atoms. The molecular weight excluding hydrogens is 352 g/mol. The third-order valence-corrected chi connectivity index (χ3v) is 5.10. The van der Waals surface area contributed by atoms with Gasteiger partial charge in [-0.15, -0.1) is 0 Å². The zero-order valence-corrected chi connectivity index (χ0v) is 14.9. The van der Waals surface area contributed by atoms with E-state index in [4.69, 9.17) is 0 Å². The van der Waals surface area contributed by atoms with E-state index in [1.54, 1.807) is 12.1 Å². The molecular formula is C18H22N4O5. The van der Waals surface area contributed by atoms with E-state index in [1.807, 2.05) is 0 Å². The number of benzene rings is 1. The SMILES string of the molecule is O=C(Cc1ccc([N+](=O)[O-])cc1)NCCCN1C(=O)NC2(CCCC2)C1=O. The number of hydrogen-bond acceptors (Lipinski definition) is 5. The number of carbonyl (C=O) groups excluding carboxylic acids is 3. The molecule has 1 heterocycles. The molecule has 0 radical (unpaired) electrons. The van der Waals surface area contributed by atoms with Crippen molar-refractivity contribution < 1.29 is 19.3 Å². The van der Waals surface area contributed by atoms with E-state index in [2.05, 4.69) is 10.6 Å². The highest BCUT2D eigenvalue weighted by Crippen LogP contribution is 2.34. The Hall–Kier alpha value is -2.97. The van der Waals surface area contributed by atoms with Gasteiger partial charge in [0.15, 0.2) is 0 Å². The van der Waals surface area contributed by atoms with Gasteiger partial charge in [-0.25, -0.2) is 4.79 Å². The van der Waals surface area contributed by atoms with Crippen molar-refractivity contribution in [1.29, 1.82) is 0 Å². The number of nitro groups is 1. The molecule has 1 aliphatic heterocycles. The van der Waals surface area contributed by atoms with Gasteiger partial charge in [0.05, 0.1) is 11.3 Å². The zero-order chi connectivity index (χ0) is 19.4. The van der Waals surface area contributed by atoms with Crippen LogP contribution in [0.4, 0.5) is 10.5 Å². The van der Waals surface area contributed by atoms with E-state index in [9.17, 15) is 24.5 Å². The molecule has 27 heavy (non-hydrogen) atoms. The topological polar surface area (TPSA) is 122 Å². The van der Waals surface area contributed by atoms with Crippen molar-refractivity contribution in [3.05, 3.63) is 39.9 Å². The summed E-state index contributed by atoms with van der Waals surface area (Å²) >= 11 is 0. The Morgan fingerprint density at radius 1 is 1.22 bits per heavy atom. The Kier molecular flexibility index (Phi) is 5.38. The summed E-state index contributed by atoms with van der Waals surface area (Å²) in [5, 5.41) is 16.2. The number of nitro benzene ring substituents is 1. The number of carbonyl (C=O) groups is 3. The Morgan fingerprint density at radius 3 is 2.52 bits per heavy atom. The van der Waals surface area contributed by atoms with Gasteiger partial charge in [0.2, 0.25) is 5.91 Å². The molecule has 2 N–H and O–H groups in total. The molecule has 9 heteroatoms. The van der Waals surface area contributed by atoms with E-state index >= 15 is 0 Å². The first-order chi connectivity index (χ1) is 12.9. The fourth-order valence-electron chi connectivity index (χ4n) is 3.65. The fourth-order valence-corrected chi connectivity index (χ4v) is 3.65. The van der Waals surface area contributed by atoms with Crippen LogP contribution in [-0.2, 0) is 16.0 Å². The van der Waals surface area contributed by atoms with Crippen LogP contribution in [0, 0.1) is 10.1 Å². The molecule has 1 aromatic rings. The predicted molar refractivity (Wildman–Crippen MR) is 95.9 cm³/mol. The van der Waals surface area contributed by atoms with Crippen molar-refractivity contribution in [3.8, 4) is 0 Å². The Labute approximate surface area is 156 Å². The predicted octanol–water partition coefficient (Wildman–Crippen LogP) is 1.51. The minimum atomic E-state index is -0.698. The number of hydrogen-bond donors (Lipinski definition) is 2. The minimum Gasteiger partial charge on any atom is -0.356 e. The lowest BCUT2D eigenvalue weighted by Crippen LogP contribution is -2.44. The van der Waals surface area contributed by atoms with E-state index in [1.165, 1.54) is 17.0 Å². The molecule has 1 aliphatic carbocycles. The third-order valence-electron chi connectivity index (χ3n) is 5.10. The largest absolute Gasteiger partial charge is 0.356 e. The van der Waals surface area contributed by atoms with Gasteiger partial charge in [-0.3, -0.25) is 24.6 Å². The Morgan fingerprint density at radius 2 is 1.89 bits per heavy atom. The van der Waals surface area contributed by atoms with E-state index in [0.717, 1.165) is 12.8 Å². The molecule has 1 saturated carbocycles. The van der Waals surface area contributed by atoms with E-state index in [0.29, 0.717) is 31.4 Å². The van der Waals surface area contributed by atoms with Crippen molar-refractivity contribution in [2.75, 3.05) is 13.1 Å². The molecule has 9 nitrogen and oxygen atoms in total. The van der Waals surface area contributed by atoms with Gasteiger partial charge in [0.25, 0.3) is 11.6 Å². The second kappa shape index (κ2) is 7.73. The molecule has 3 rings (SSSR count). The smallest absolute Gasteiger partial charge is 0.325 e. The summed E-state index contributed by atoms with van der Waals surface area (Å²) < 4.78 is 0. The van der Waals surface area contributed by atoms with Crippen molar-refractivity contribution in [1.82, 2.24) is 15.5 Å². The average Bonchev–Trinajstić information content (AvgIpc) is 3.19. The van der Waals surface area contributed by atoms with Crippen molar-refractivity contribution >= 4 is 23.5 Å². The normalized spacial score (nSPS) is 18.0. The summed E-state index contributed by atoms with van der Waals surface area (Å²) in [5.74, 6) is -0.365. The van der Waals surface area contributed by atoms with Crippen LogP contribution in [0.1, 0.15) is 37.7 Å². The maximum absolute atomic E-state index is 12.5. The van der Waals surface area contributed by atoms with E-state index < -0.39 is 10.5 Å². The summed E-state index contributed by atoms with van der Waals surface area (Å²) in [7, 11) is 0. The van der Waals surface area contributed by atoms with Gasteiger partial charge < -0.3 is 10.6 Å². The highest BCUT2D eigenvalue weighted by molar-refractivity contribution is 6.07.